The van der Waals surface area contributed by atoms with Crippen LogP contribution in [0.5, 0.6) is 6.01 Å². The Bertz CT molecular complexity index is 1030. The molecule has 0 saturated heterocycles. The summed E-state index contributed by atoms with van der Waals surface area (Å²) < 4.78 is 5.03. The van der Waals surface area contributed by atoms with Crippen molar-refractivity contribution in [2.75, 3.05) is 12.4 Å². The Morgan fingerprint density at radius 2 is 2.12 bits per heavy atom. The standard InChI is InChI=1S/C16H14N8O/c1-9-22-12(13-15(23-9)21-8-20-13)11-4-3-5-17-14(11)24-10-6-18-16(25-2)19-7-10/h3-8H,1-2H3,(H,17,24)(H,20,21,22,23)/p+1. The van der Waals surface area contributed by atoms with Gasteiger partial charge in [0.25, 0.3) is 0 Å². The first-order valence-corrected chi connectivity index (χ1v) is 7.56. The molecule has 9 nitrogen and oxygen atoms in total. The molecule has 9 heteroatoms. The molecule has 0 saturated carbocycles. The Morgan fingerprint density at radius 3 is 2.92 bits per heavy atom. The molecule has 0 atom stereocenters. The van der Waals surface area contributed by atoms with Crippen LogP contribution in [-0.4, -0.2) is 37.0 Å². The number of hydrogen-bond acceptors (Lipinski definition) is 7. The maximum absolute atomic E-state index is 5.03. The Hall–Kier alpha value is -3.62. The van der Waals surface area contributed by atoms with Crippen molar-refractivity contribution in [1.29, 1.82) is 0 Å². The number of anilines is 2. The van der Waals surface area contributed by atoms with Gasteiger partial charge in [-0.15, -0.1) is 0 Å². The summed E-state index contributed by atoms with van der Waals surface area (Å²) in [5.74, 6) is 1.29. The van der Waals surface area contributed by atoms with E-state index in [0.29, 0.717) is 23.3 Å². The van der Waals surface area contributed by atoms with Crippen molar-refractivity contribution in [3.05, 3.63) is 42.9 Å². The van der Waals surface area contributed by atoms with E-state index in [2.05, 4.69) is 40.2 Å². The number of fused-ring (bicyclic) bond motifs is 1. The van der Waals surface area contributed by atoms with Crippen molar-refractivity contribution in [2.45, 2.75) is 6.92 Å². The second kappa shape index (κ2) is 6.11. The fraction of sp³-hybridized carbons (Fsp3) is 0.125. The van der Waals surface area contributed by atoms with Gasteiger partial charge in [0.15, 0.2) is 11.8 Å². The Balaban J connectivity index is 1.79. The third kappa shape index (κ3) is 2.82. The van der Waals surface area contributed by atoms with Crippen LogP contribution in [0.4, 0.5) is 11.5 Å². The molecule has 0 aliphatic rings. The van der Waals surface area contributed by atoms with Gasteiger partial charge in [-0.1, -0.05) is 0 Å². The molecular weight excluding hydrogens is 320 g/mol. The number of aromatic amines is 2. The lowest BCUT2D eigenvalue weighted by atomic mass is 10.1. The molecule has 4 aromatic heterocycles. The molecule has 3 N–H and O–H groups in total. The number of hydrogen-bond donors (Lipinski definition) is 2. The summed E-state index contributed by atoms with van der Waals surface area (Å²) in [6, 6.07) is 4.23. The fourth-order valence-electron chi connectivity index (χ4n) is 2.49. The zero-order valence-corrected chi connectivity index (χ0v) is 13.6. The van der Waals surface area contributed by atoms with Crippen molar-refractivity contribution in [1.82, 2.24) is 29.9 Å². The summed E-state index contributed by atoms with van der Waals surface area (Å²) in [4.78, 5) is 27.7. The smallest absolute Gasteiger partial charge is 0.432 e. The van der Waals surface area contributed by atoms with E-state index >= 15 is 0 Å². The average molecular weight is 335 g/mol. The summed E-state index contributed by atoms with van der Waals surface area (Å²) in [5, 5.41) is 3.24. The lowest BCUT2D eigenvalue weighted by Crippen LogP contribution is -2.10. The Labute approximate surface area is 142 Å². The largest absolute Gasteiger partial charge is 0.495 e. The maximum atomic E-state index is 5.03. The molecule has 4 heterocycles. The molecule has 0 aromatic carbocycles. The summed E-state index contributed by atoms with van der Waals surface area (Å²) in [6.07, 6.45) is 6.73. The lowest BCUT2D eigenvalue weighted by Gasteiger charge is -2.10. The number of aryl methyl sites for hydroxylation is 1. The molecule has 0 aliphatic heterocycles. The lowest BCUT2D eigenvalue weighted by molar-refractivity contribution is -0.397. The van der Waals surface area contributed by atoms with Crippen molar-refractivity contribution < 1.29 is 9.72 Å². The SMILES string of the molecule is COc1ncc(Nc2ncccc2-c2nc(C)nc3nc[nH]c23)c[nH+]1. The topological polar surface area (TPSA) is 116 Å². The molecule has 4 rings (SSSR count). The fourth-order valence-corrected chi connectivity index (χ4v) is 2.49. The van der Waals surface area contributed by atoms with E-state index in [1.807, 2.05) is 19.1 Å². The second-order valence-electron chi connectivity index (χ2n) is 5.26. The number of pyridine rings is 1. The highest BCUT2D eigenvalue weighted by Crippen LogP contribution is 2.30. The van der Waals surface area contributed by atoms with Gasteiger partial charge in [0.2, 0.25) is 0 Å². The third-order valence-electron chi connectivity index (χ3n) is 3.59. The van der Waals surface area contributed by atoms with Gasteiger partial charge in [0, 0.05) is 11.8 Å². The molecule has 0 spiro atoms. The van der Waals surface area contributed by atoms with E-state index in [9.17, 15) is 0 Å². The quantitative estimate of drug-likeness (QED) is 0.583. The van der Waals surface area contributed by atoms with Crippen molar-refractivity contribution in [2.24, 2.45) is 0 Å². The third-order valence-corrected chi connectivity index (χ3v) is 3.59. The predicted octanol–water partition coefficient (Wildman–Crippen LogP) is 1.68. The number of rotatable bonds is 4. The molecule has 25 heavy (non-hydrogen) atoms. The monoisotopic (exact) mass is 335 g/mol. The summed E-state index contributed by atoms with van der Waals surface area (Å²) in [6.45, 7) is 1.84. The van der Waals surface area contributed by atoms with Crippen LogP contribution in [0.15, 0.2) is 37.1 Å². The zero-order chi connectivity index (χ0) is 17.2. The van der Waals surface area contributed by atoms with E-state index in [1.165, 1.54) is 0 Å². The number of nitrogens with one attached hydrogen (secondary N) is 3. The minimum atomic E-state index is 0.428. The predicted molar refractivity (Wildman–Crippen MR) is 90.3 cm³/mol. The highest BCUT2D eigenvalue weighted by Gasteiger charge is 2.15. The number of ether oxygens (including phenoxy) is 1. The van der Waals surface area contributed by atoms with Gasteiger partial charge in [-0.3, -0.25) is 0 Å². The minimum absolute atomic E-state index is 0.428. The maximum Gasteiger partial charge on any atom is 0.495 e. The molecule has 0 unspecified atom stereocenters. The number of imidazole rings is 1. The van der Waals surface area contributed by atoms with Crippen LogP contribution in [0.1, 0.15) is 5.82 Å². The summed E-state index contributed by atoms with van der Waals surface area (Å²) in [5.41, 5.74) is 3.70. The highest BCUT2D eigenvalue weighted by molar-refractivity contribution is 5.91. The van der Waals surface area contributed by atoms with Crippen LogP contribution < -0.4 is 15.0 Å². The molecule has 0 aliphatic carbocycles. The van der Waals surface area contributed by atoms with Gasteiger partial charge in [-0.05, 0) is 24.0 Å². The van der Waals surface area contributed by atoms with E-state index in [0.717, 1.165) is 22.5 Å². The van der Waals surface area contributed by atoms with E-state index < -0.39 is 0 Å². The van der Waals surface area contributed by atoms with Crippen molar-refractivity contribution in [3.8, 4) is 17.3 Å². The zero-order valence-electron chi connectivity index (χ0n) is 13.6. The van der Waals surface area contributed by atoms with Gasteiger partial charge in [-0.2, -0.15) is 0 Å². The number of nitrogens with zero attached hydrogens (tertiary/aromatic N) is 5. The van der Waals surface area contributed by atoms with Gasteiger partial charge >= 0.3 is 6.01 Å². The average Bonchev–Trinajstić information content (AvgIpc) is 3.10. The molecule has 124 valence electrons. The number of methoxy groups -OCH3 is 1. The molecular formula is C16H15N8O+. The van der Waals surface area contributed by atoms with Crippen LogP contribution in [0.3, 0.4) is 0 Å². The molecule has 4 aromatic rings. The van der Waals surface area contributed by atoms with Crippen LogP contribution in [0, 0.1) is 6.92 Å². The normalized spacial score (nSPS) is 10.8. The van der Waals surface area contributed by atoms with Crippen molar-refractivity contribution >= 4 is 22.7 Å². The first-order chi connectivity index (χ1) is 12.2. The minimum Gasteiger partial charge on any atom is -0.432 e. The molecule has 0 bridgehead atoms. The van der Waals surface area contributed by atoms with Gasteiger partial charge in [-0.25, -0.2) is 24.9 Å². The van der Waals surface area contributed by atoms with Gasteiger partial charge < -0.3 is 15.0 Å². The van der Waals surface area contributed by atoms with Crippen LogP contribution in [0.2, 0.25) is 0 Å². The summed E-state index contributed by atoms with van der Waals surface area (Å²) in [7, 11) is 1.55. The van der Waals surface area contributed by atoms with Crippen LogP contribution in [0.25, 0.3) is 22.4 Å². The number of H-pyrrole nitrogens is 2. The highest BCUT2D eigenvalue weighted by atomic mass is 16.5. The molecule has 0 fully saturated rings. The van der Waals surface area contributed by atoms with Gasteiger partial charge in [0.05, 0.1) is 13.4 Å². The Morgan fingerprint density at radius 1 is 1.20 bits per heavy atom. The molecule has 0 amide bonds. The number of aromatic nitrogens is 7. The molecule has 0 radical (unpaired) electrons. The van der Waals surface area contributed by atoms with Gasteiger partial charge in [0.1, 0.15) is 34.7 Å². The summed E-state index contributed by atoms with van der Waals surface area (Å²) >= 11 is 0. The van der Waals surface area contributed by atoms with Crippen LogP contribution in [-0.2, 0) is 0 Å². The van der Waals surface area contributed by atoms with E-state index in [-0.39, 0.29) is 0 Å². The first-order valence-electron chi connectivity index (χ1n) is 7.56. The van der Waals surface area contributed by atoms with Crippen LogP contribution >= 0.6 is 0 Å². The van der Waals surface area contributed by atoms with E-state index in [1.54, 1.807) is 32.0 Å². The van der Waals surface area contributed by atoms with E-state index in [4.69, 9.17) is 4.74 Å². The van der Waals surface area contributed by atoms with Crippen molar-refractivity contribution in [3.63, 3.8) is 0 Å². The first kappa shape index (κ1) is 14.9. The second-order valence-corrected chi connectivity index (χ2v) is 5.26. The Kier molecular flexibility index (Phi) is 3.65.